The normalized spacial score (nSPS) is 11.7. The lowest BCUT2D eigenvalue weighted by atomic mass is 10.1. The summed E-state index contributed by atoms with van der Waals surface area (Å²) in [6.07, 6.45) is 0. The second kappa shape index (κ2) is 6.49. The fourth-order valence-corrected chi connectivity index (χ4v) is 2.03. The molecule has 0 radical (unpaired) electrons. The van der Waals surface area contributed by atoms with Gasteiger partial charge < -0.3 is 10.4 Å². The first-order chi connectivity index (χ1) is 9.99. The summed E-state index contributed by atoms with van der Waals surface area (Å²) in [5, 5.41) is 11.6. The van der Waals surface area contributed by atoms with E-state index in [0.29, 0.717) is 5.56 Å². The van der Waals surface area contributed by atoms with Gasteiger partial charge >= 0.3 is 5.97 Å². The fraction of sp³-hybridized carbons (Fsp3) is 0.0667. The second-order valence-electron chi connectivity index (χ2n) is 4.28. The molecular weight excluding hydrogens is 341 g/mol. The highest BCUT2D eigenvalue weighted by Gasteiger charge is 2.22. The van der Waals surface area contributed by atoms with Gasteiger partial charge in [-0.15, -0.1) is 0 Å². The lowest BCUT2D eigenvalue weighted by Gasteiger charge is -2.15. The highest BCUT2D eigenvalue weighted by molar-refractivity contribution is 9.10. The average Bonchev–Trinajstić information content (AvgIpc) is 2.48. The molecule has 0 aromatic heterocycles. The van der Waals surface area contributed by atoms with Crippen LogP contribution in [0, 0.1) is 5.82 Å². The first kappa shape index (κ1) is 15.2. The minimum Gasteiger partial charge on any atom is -0.479 e. The number of carboxylic acids is 1. The maximum absolute atomic E-state index is 13.4. The quantitative estimate of drug-likeness (QED) is 0.889. The molecule has 0 aliphatic heterocycles. The molecule has 0 saturated heterocycles. The summed E-state index contributed by atoms with van der Waals surface area (Å²) in [5.41, 5.74) is 0.494. The summed E-state index contributed by atoms with van der Waals surface area (Å²) in [4.78, 5) is 23.3. The number of rotatable bonds is 4. The average molecular weight is 352 g/mol. The Labute approximate surface area is 128 Å². The number of carboxylic acid groups (broad SMARTS) is 1. The van der Waals surface area contributed by atoms with Crippen molar-refractivity contribution >= 4 is 27.8 Å². The Morgan fingerprint density at radius 2 is 1.81 bits per heavy atom. The zero-order valence-corrected chi connectivity index (χ0v) is 12.3. The van der Waals surface area contributed by atoms with Crippen LogP contribution in [0.1, 0.15) is 22.0 Å². The van der Waals surface area contributed by atoms with Crippen LogP contribution in [0.25, 0.3) is 0 Å². The summed E-state index contributed by atoms with van der Waals surface area (Å²) >= 11 is 2.99. The number of hydrogen-bond acceptors (Lipinski definition) is 2. The molecule has 0 aliphatic carbocycles. The van der Waals surface area contributed by atoms with Gasteiger partial charge in [0.2, 0.25) is 0 Å². The molecule has 108 valence electrons. The Morgan fingerprint density at radius 3 is 2.38 bits per heavy atom. The molecule has 2 aromatic carbocycles. The topological polar surface area (TPSA) is 66.4 Å². The van der Waals surface area contributed by atoms with Crippen LogP contribution >= 0.6 is 15.9 Å². The molecule has 2 rings (SSSR count). The molecule has 1 atom stereocenters. The van der Waals surface area contributed by atoms with Crippen molar-refractivity contribution in [3.05, 3.63) is 69.9 Å². The molecular formula is C15H11BrFNO3. The van der Waals surface area contributed by atoms with Crippen LogP contribution in [-0.4, -0.2) is 17.0 Å². The third-order valence-electron chi connectivity index (χ3n) is 2.84. The van der Waals surface area contributed by atoms with Gasteiger partial charge in [-0.3, -0.25) is 4.79 Å². The van der Waals surface area contributed by atoms with Gasteiger partial charge in [0.15, 0.2) is 6.04 Å². The maximum Gasteiger partial charge on any atom is 0.330 e. The fourth-order valence-electron chi connectivity index (χ4n) is 1.78. The molecule has 6 heteroatoms. The first-order valence-electron chi connectivity index (χ1n) is 6.02. The molecule has 1 amide bonds. The van der Waals surface area contributed by atoms with Crippen LogP contribution in [0.15, 0.2) is 53.0 Å². The van der Waals surface area contributed by atoms with Gasteiger partial charge in [0.05, 0.1) is 4.47 Å². The third-order valence-corrected chi connectivity index (χ3v) is 3.48. The van der Waals surface area contributed by atoms with Crippen LogP contribution < -0.4 is 5.32 Å². The van der Waals surface area contributed by atoms with Crippen molar-refractivity contribution in [3.63, 3.8) is 0 Å². The highest BCUT2D eigenvalue weighted by atomic mass is 79.9. The van der Waals surface area contributed by atoms with Crippen molar-refractivity contribution in [2.45, 2.75) is 6.04 Å². The van der Waals surface area contributed by atoms with Crippen LogP contribution in [0.2, 0.25) is 0 Å². The monoisotopic (exact) mass is 351 g/mol. The lowest BCUT2D eigenvalue weighted by Crippen LogP contribution is -2.33. The Morgan fingerprint density at radius 1 is 1.14 bits per heavy atom. The Bertz CT molecular complexity index is 676. The molecule has 2 aromatic rings. The number of amides is 1. The standard InChI is InChI=1S/C15H11BrFNO3/c16-11-7-6-10(8-12(11)17)14(19)18-13(15(20)21)9-4-2-1-3-5-9/h1-8,13H,(H,18,19)(H,20,21)/t13-/m1/s1. The SMILES string of the molecule is O=C(N[C@@H](C(=O)O)c1ccccc1)c1ccc(Br)c(F)c1. The molecule has 2 N–H and O–H groups in total. The molecule has 21 heavy (non-hydrogen) atoms. The van der Waals surface area contributed by atoms with Gasteiger partial charge in [0, 0.05) is 5.56 Å². The molecule has 0 fully saturated rings. The van der Waals surface area contributed by atoms with E-state index in [1.54, 1.807) is 30.3 Å². The van der Waals surface area contributed by atoms with E-state index in [2.05, 4.69) is 21.2 Å². The van der Waals surface area contributed by atoms with E-state index in [1.807, 2.05) is 0 Å². The Balaban J connectivity index is 2.23. The number of carbonyl (C=O) groups is 2. The van der Waals surface area contributed by atoms with Gasteiger partial charge in [-0.1, -0.05) is 30.3 Å². The lowest BCUT2D eigenvalue weighted by molar-refractivity contribution is -0.139. The first-order valence-corrected chi connectivity index (χ1v) is 6.82. The van der Waals surface area contributed by atoms with Crippen LogP contribution in [-0.2, 0) is 4.79 Å². The predicted octanol–water partition coefficient (Wildman–Crippen LogP) is 3.14. The van der Waals surface area contributed by atoms with Crippen molar-refractivity contribution in [2.24, 2.45) is 0 Å². The molecule has 0 bridgehead atoms. The van der Waals surface area contributed by atoms with E-state index in [4.69, 9.17) is 0 Å². The van der Waals surface area contributed by atoms with E-state index in [0.717, 1.165) is 6.07 Å². The number of aliphatic carboxylic acids is 1. The van der Waals surface area contributed by atoms with Crippen molar-refractivity contribution < 1.29 is 19.1 Å². The number of carbonyl (C=O) groups excluding carboxylic acids is 1. The third kappa shape index (κ3) is 3.66. The predicted molar refractivity (Wildman–Crippen MR) is 78.4 cm³/mol. The minimum absolute atomic E-state index is 0.0536. The van der Waals surface area contributed by atoms with E-state index in [9.17, 15) is 19.1 Å². The smallest absolute Gasteiger partial charge is 0.330 e. The Kier molecular flexibility index (Phi) is 4.70. The molecule has 0 heterocycles. The maximum atomic E-state index is 13.4. The molecule has 4 nitrogen and oxygen atoms in total. The minimum atomic E-state index is -1.19. The zero-order chi connectivity index (χ0) is 15.4. The van der Waals surface area contributed by atoms with E-state index < -0.39 is 23.7 Å². The number of benzene rings is 2. The second-order valence-corrected chi connectivity index (χ2v) is 5.14. The van der Waals surface area contributed by atoms with Crippen LogP contribution in [0.3, 0.4) is 0 Å². The molecule has 0 spiro atoms. The van der Waals surface area contributed by atoms with E-state index in [-0.39, 0.29) is 10.0 Å². The van der Waals surface area contributed by atoms with Crippen molar-refractivity contribution in [1.29, 1.82) is 0 Å². The largest absolute Gasteiger partial charge is 0.479 e. The van der Waals surface area contributed by atoms with Gasteiger partial charge in [0.1, 0.15) is 5.82 Å². The number of nitrogens with one attached hydrogen (secondary N) is 1. The van der Waals surface area contributed by atoms with Gasteiger partial charge in [-0.25, -0.2) is 9.18 Å². The number of hydrogen-bond donors (Lipinski definition) is 2. The van der Waals surface area contributed by atoms with Gasteiger partial charge in [0.25, 0.3) is 5.91 Å². The number of halogens is 2. The highest BCUT2D eigenvalue weighted by Crippen LogP contribution is 2.18. The van der Waals surface area contributed by atoms with Gasteiger partial charge in [-0.2, -0.15) is 0 Å². The summed E-state index contributed by atoms with van der Waals surface area (Å²) in [7, 11) is 0. The summed E-state index contributed by atoms with van der Waals surface area (Å²) in [6, 6.07) is 11.0. The van der Waals surface area contributed by atoms with Crippen LogP contribution in [0.4, 0.5) is 4.39 Å². The summed E-state index contributed by atoms with van der Waals surface area (Å²) in [6.45, 7) is 0. The molecule has 0 unspecified atom stereocenters. The zero-order valence-electron chi connectivity index (χ0n) is 10.7. The summed E-state index contributed by atoms with van der Waals surface area (Å²) in [5.74, 6) is -2.43. The molecule has 0 aliphatic rings. The van der Waals surface area contributed by atoms with Crippen molar-refractivity contribution in [2.75, 3.05) is 0 Å². The Hall–Kier alpha value is -2.21. The van der Waals surface area contributed by atoms with Crippen molar-refractivity contribution in [3.8, 4) is 0 Å². The van der Waals surface area contributed by atoms with E-state index in [1.165, 1.54) is 12.1 Å². The van der Waals surface area contributed by atoms with Crippen molar-refractivity contribution in [1.82, 2.24) is 5.32 Å². The van der Waals surface area contributed by atoms with E-state index >= 15 is 0 Å². The molecule has 0 saturated carbocycles. The van der Waals surface area contributed by atoms with Crippen LogP contribution in [0.5, 0.6) is 0 Å². The summed E-state index contributed by atoms with van der Waals surface area (Å²) < 4.78 is 13.6. The van der Waals surface area contributed by atoms with Gasteiger partial charge in [-0.05, 0) is 39.7 Å².